The van der Waals surface area contributed by atoms with Crippen LogP contribution in [0, 0.1) is 12.8 Å². The molecule has 6 nitrogen and oxygen atoms in total. The lowest BCUT2D eigenvalue weighted by molar-refractivity contribution is -0.120. The van der Waals surface area contributed by atoms with Crippen molar-refractivity contribution in [1.29, 1.82) is 0 Å². The van der Waals surface area contributed by atoms with Crippen LogP contribution in [0.25, 0.3) is 0 Å². The third kappa shape index (κ3) is 5.02. The molecule has 1 saturated heterocycles. The summed E-state index contributed by atoms with van der Waals surface area (Å²) < 4.78 is 6.07. The van der Waals surface area contributed by atoms with Crippen LogP contribution in [-0.4, -0.2) is 29.0 Å². The molecule has 2 heterocycles. The monoisotopic (exact) mass is 416 g/mol. The first-order chi connectivity index (χ1) is 15.1. The fourth-order valence-corrected chi connectivity index (χ4v) is 3.85. The first-order valence-electron chi connectivity index (χ1n) is 10.8. The minimum Gasteiger partial charge on any atom is -0.436 e. The van der Waals surface area contributed by atoms with Crippen LogP contribution in [0.4, 0.5) is 11.5 Å². The maximum Gasteiger partial charge on any atom is 0.263 e. The molecule has 0 saturated carbocycles. The molecule has 1 amide bonds. The molecule has 0 radical (unpaired) electrons. The largest absolute Gasteiger partial charge is 0.436 e. The molecule has 1 aromatic heterocycles. The number of benzene rings is 2. The molecule has 0 bridgehead atoms. The normalized spacial score (nSPS) is 14.3. The molecule has 0 spiro atoms. The number of ether oxygens (including phenoxy) is 1. The highest BCUT2D eigenvalue weighted by molar-refractivity contribution is 5.92. The van der Waals surface area contributed by atoms with Gasteiger partial charge in [-0.3, -0.25) is 4.79 Å². The van der Waals surface area contributed by atoms with Gasteiger partial charge in [0.25, 0.3) is 5.88 Å². The number of rotatable bonds is 6. The summed E-state index contributed by atoms with van der Waals surface area (Å²) in [6, 6.07) is 15.9. The number of aryl methyl sites for hydroxylation is 2. The number of hydrogen-bond donors (Lipinski definition) is 1. The summed E-state index contributed by atoms with van der Waals surface area (Å²) in [5, 5.41) is 3.08. The lowest BCUT2D eigenvalue weighted by Gasteiger charge is -2.32. The van der Waals surface area contributed by atoms with Gasteiger partial charge in [0.15, 0.2) is 5.82 Å². The number of nitrogens with one attached hydrogen (secondary N) is 1. The fraction of sp³-hybridized carbons (Fsp3) is 0.320. The van der Waals surface area contributed by atoms with Gasteiger partial charge < -0.3 is 15.0 Å². The van der Waals surface area contributed by atoms with Crippen molar-refractivity contribution in [2.75, 3.05) is 23.3 Å². The Labute approximate surface area is 183 Å². The summed E-state index contributed by atoms with van der Waals surface area (Å²) in [4.78, 5) is 23.9. The SMILES string of the molecule is CCc1cccc(NC(=O)C2CCN(c3nccnc3Oc3ccccc3C)CC2)c1. The molecule has 4 rings (SSSR count). The number of hydrogen-bond acceptors (Lipinski definition) is 5. The molecule has 6 heteroatoms. The second kappa shape index (κ2) is 9.60. The van der Waals surface area contributed by atoms with Crippen LogP contribution < -0.4 is 15.0 Å². The summed E-state index contributed by atoms with van der Waals surface area (Å²) in [5.74, 6) is 2.06. The van der Waals surface area contributed by atoms with Crippen molar-refractivity contribution in [1.82, 2.24) is 9.97 Å². The van der Waals surface area contributed by atoms with E-state index in [0.29, 0.717) is 5.88 Å². The standard InChI is InChI=1S/C25H28N4O2/c1-3-19-8-6-9-21(17-19)28-24(30)20-11-15-29(16-12-20)23-25(27-14-13-26-23)31-22-10-5-4-7-18(22)2/h4-10,13-14,17,20H,3,11-12,15-16H2,1-2H3,(H,28,30). The molecule has 1 N–H and O–H groups in total. The highest BCUT2D eigenvalue weighted by Gasteiger charge is 2.27. The first-order valence-corrected chi connectivity index (χ1v) is 10.8. The Kier molecular flexibility index (Phi) is 6.46. The molecule has 2 aromatic carbocycles. The number of amides is 1. The second-order valence-electron chi connectivity index (χ2n) is 7.86. The van der Waals surface area contributed by atoms with Crippen LogP contribution in [0.2, 0.25) is 0 Å². The van der Waals surface area contributed by atoms with E-state index in [9.17, 15) is 4.79 Å². The van der Waals surface area contributed by atoms with Gasteiger partial charge in [-0.1, -0.05) is 37.3 Å². The molecule has 1 aliphatic heterocycles. The van der Waals surface area contributed by atoms with E-state index in [4.69, 9.17) is 4.74 Å². The van der Waals surface area contributed by atoms with Crippen molar-refractivity contribution >= 4 is 17.4 Å². The number of aromatic nitrogens is 2. The zero-order valence-corrected chi connectivity index (χ0v) is 18.0. The summed E-state index contributed by atoms with van der Waals surface area (Å²) in [7, 11) is 0. The van der Waals surface area contributed by atoms with Gasteiger partial charge in [-0.05, 0) is 55.5 Å². The average molecular weight is 417 g/mol. The molecule has 1 aliphatic rings. The molecule has 3 aromatic rings. The number of piperidine rings is 1. The molecule has 0 unspecified atom stereocenters. The number of nitrogens with zero attached hydrogens (tertiary/aromatic N) is 3. The summed E-state index contributed by atoms with van der Waals surface area (Å²) in [6.07, 6.45) is 5.80. The highest BCUT2D eigenvalue weighted by Crippen LogP contribution is 2.32. The van der Waals surface area contributed by atoms with Gasteiger partial charge in [0.05, 0.1) is 0 Å². The first kappa shape index (κ1) is 20.8. The Morgan fingerprint density at radius 3 is 2.65 bits per heavy atom. The maximum absolute atomic E-state index is 12.8. The van der Waals surface area contributed by atoms with E-state index in [-0.39, 0.29) is 11.8 Å². The average Bonchev–Trinajstić information content (AvgIpc) is 2.81. The van der Waals surface area contributed by atoms with Crippen LogP contribution in [0.1, 0.15) is 30.9 Å². The molecular weight excluding hydrogens is 388 g/mol. The summed E-state index contributed by atoms with van der Waals surface area (Å²) in [6.45, 7) is 5.58. The van der Waals surface area contributed by atoms with Crippen molar-refractivity contribution in [2.45, 2.75) is 33.1 Å². The van der Waals surface area contributed by atoms with E-state index in [2.05, 4.69) is 33.2 Å². The third-order valence-corrected chi connectivity index (χ3v) is 5.71. The van der Waals surface area contributed by atoms with Gasteiger partial charge in [0, 0.05) is 37.1 Å². The van der Waals surface area contributed by atoms with Crippen molar-refractivity contribution in [2.24, 2.45) is 5.92 Å². The lowest BCUT2D eigenvalue weighted by atomic mass is 9.95. The Balaban J connectivity index is 1.40. The third-order valence-electron chi connectivity index (χ3n) is 5.71. The number of para-hydroxylation sites is 1. The van der Waals surface area contributed by atoms with Gasteiger partial charge in [0.1, 0.15) is 5.75 Å². The van der Waals surface area contributed by atoms with E-state index >= 15 is 0 Å². The Morgan fingerprint density at radius 1 is 1.10 bits per heavy atom. The Morgan fingerprint density at radius 2 is 1.87 bits per heavy atom. The van der Waals surface area contributed by atoms with Crippen molar-refractivity contribution in [3.63, 3.8) is 0 Å². The Hall–Kier alpha value is -3.41. The predicted octanol–water partition coefficient (Wildman–Crippen LogP) is 4.99. The molecule has 0 aliphatic carbocycles. The minimum absolute atomic E-state index is 0.0149. The van der Waals surface area contributed by atoms with Crippen LogP contribution in [-0.2, 0) is 11.2 Å². The molecule has 0 atom stereocenters. The molecule has 160 valence electrons. The zero-order valence-electron chi connectivity index (χ0n) is 18.0. The molecule has 31 heavy (non-hydrogen) atoms. The van der Waals surface area contributed by atoms with E-state index in [0.717, 1.165) is 55.2 Å². The molecular formula is C25H28N4O2. The van der Waals surface area contributed by atoms with Crippen LogP contribution in [0.3, 0.4) is 0 Å². The number of carbonyl (C=O) groups excluding carboxylic acids is 1. The van der Waals surface area contributed by atoms with Crippen LogP contribution >= 0.6 is 0 Å². The van der Waals surface area contributed by atoms with Crippen LogP contribution in [0.15, 0.2) is 60.9 Å². The minimum atomic E-state index is -0.0149. The quantitative estimate of drug-likeness (QED) is 0.613. The van der Waals surface area contributed by atoms with Gasteiger partial charge in [-0.15, -0.1) is 0 Å². The highest BCUT2D eigenvalue weighted by atomic mass is 16.5. The van der Waals surface area contributed by atoms with Crippen molar-refractivity contribution < 1.29 is 9.53 Å². The van der Waals surface area contributed by atoms with E-state index in [1.807, 2.05) is 49.4 Å². The van der Waals surface area contributed by atoms with Crippen molar-refractivity contribution in [3.8, 4) is 11.6 Å². The predicted molar refractivity (Wildman–Crippen MR) is 123 cm³/mol. The summed E-state index contributed by atoms with van der Waals surface area (Å²) >= 11 is 0. The van der Waals surface area contributed by atoms with E-state index < -0.39 is 0 Å². The maximum atomic E-state index is 12.8. The van der Waals surface area contributed by atoms with E-state index in [1.54, 1.807) is 12.4 Å². The van der Waals surface area contributed by atoms with E-state index in [1.165, 1.54) is 5.56 Å². The van der Waals surface area contributed by atoms with Gasteiger partial charge in [-0.25, -0.2) is 9.97 Å². The number of anilines is 2. The second-order valence-corrected chi connectivity index (χ2v) is 7.86. The number of carbonyl (C=O) groups is 1. The van der Waals surface area contributed by atoms with Gasteiger partial charge >= 0.3 is 0 Å². The Bertz CT molecular complexity index is 1040. The fourth-order valence-electron chi connectivity index (χ4n) is 3.85. The van der Waals surface area contributed by atoms with Crippen molar-refractivity contribution in [3.05, 3.63) is 72.1 Å². The summed E-state index contributed by atoms with van der Waals surface area (Å²) in [5.41, 5.74) is 3.13. The van der Waals surface area contributed by atoms with Gasteiger partial charge in [-0.2, -0.15) is 0 Å². The smallest absolute Gasteiger partial charge is 0.263 e. The van der Waals surface area contributed by atoms with Crippen LogP contribution in [0.5, 0.6) is 11.6 Å². The molecule has 1 fully saturated rings. The topological polar surface area (TPSA) is 67.4 Å². The lowest BCUT2D eigenvalue weighted by Crippen LogP contribution is -2.38. The van der Waals surface area contributed by atoms with Gasteiger partial charge in [0.2, 0.25) is 5.91 Å². The zero-order chi connectivity index (χ0) is 21.6.